The van der Waals surface area contributed by atoms with Crippen molar-refractivity contribution in [2.45, 2.75) is 45.6 Å². The smallest absolute Gasteiger partial charge is 0.324 e. The Kier molecular flexibility index (Phi) is 5.67. The van der Waals surface area contributed by atoms with Gasteiger partial charge >= 0.3 is 6.03 Å². The predicted octanol–water partition coefficient (Wildman–Crippen LogP) is 1.37. The van der Waals surface area contributed by atoms with Crippen LogP contribution in [0.2, 0.25) is 0 Å². The second kappa shape index (κ2) is 8.02. The first-order valence-electron chi connectivity index (χ1n) is 9.57. The molecule has 0 atom stereocenters. The van der Waals surface area contributed by atoms with E-state index in [1.165, 1.54) is 0 Å². The van der Waals surface area contributed by atoms with Crippen LogP contribution >= 0.6 is 0 Å². The maximum absolute atomic E-state index is 12.1. The highest BCUT2D eigenvalue weighted by Crippen LogP contribution is 2.22. The quantitative estimate of drug-likeness (QED) is 0.427. The molecule has 1 aromatic carbocycles. The average Bonchev–Trinajstić information content (AvgIpc) is 3.19. The molecule has 1 aromatic rings. The summed E-state index contributed by atoms with van der Waals surface area (Å²) in [5.41, 5.74) is 3.69. The molecule has 2 saturated heterocycles. The molecule has 0 unspecified atom stereocenters. The van der Waals surface area contributed by atoms with Crippen molar-refractivity contribution in [3.05, 3.63) is 29.8 Å². The summed E-state index contributed by atoms with van der Waals surface area (Å²) in [7, 11) is 0. The number of nitrogens with one attached hydrogen (secondary N) is 2. The number of carbonyl (C=O) groups excluding carboxylic acids is 4. The van der Waals surface area contributed by atoms with E-state index < -0.39 is 17.5 Å². The van der Waals surface area contributed by atoms with Crippen LogP contribution in [-0.2, 0) is 14.4 Å². The van der Waals surface area contributed by atoms with Crippen LogP contribution in [0, 0.1) is 0 Å². The lowest BCUT2D eigenvalue weighted by Gasteiger charge is -2.16. The van der Waals surface area contributed by atoms with Gasteiger partial charge in [-0.3, -0.25) is 19.3 Å². The molecule has 29 heavy (non-hydrogen) atoms. The highest BCUT2D eigenvalue weighted by Gasteiger charge is 2.43. The summed E-state index contributed by atoms with van der Waals surface area (Å²) in [4.78, 5) is 50.7. The normalized spacial score (nSPS) is 19.0. The zero-order valence-electron chi connectivity index (χ0n) is 16.8. The number of nitrogens with zero attached hydrogens (tertiary/aromatic N) is 3. The lowest BCUT2D eigenvalue weighted by atomic mass is 10.1. The van der Waals surface area contributed by atoms with Crippen LogP contribution in [0.4, 0.5) is 10.5 Å². The molecule has 0 radical (unpaired) electrons. The van der Waals surface area contributed by atoms with Gasteiger partial charge in [0.15, 0.2) is 0 Å². The lowest BCUT2D eigenvalue weighted by molar-refractivity contribution is -0.130. The minimum atomic E-state index is -0.954. The Balaban J connectivity index is 1.57. The number of hydrazone groups is 1. The van der Waals surface area contributed by atoms with Crippen LogP contribution in [0.25, 0.3) is 0 Å². The molecule has 0 aliphatic carbocycles. The van der Waals surface area contributed by atoms with E-state index in [-0.39, 0.29) is 24.8 Å². The van der Waals surface area contributed by atoms with E-state index in [9.17, 15) is 19.2 Å². The number of imide groups is 1. The van der Waals surface area contributed by atoms with Gasteiger partial charge in [0.25, 0.3) is 5.91 Å². The van der Waals surface area contributed by atoms with Crippen molar-refractivity contribution in [2.24, 2.45) is 5.10 Å². The van der Waals surface area contributed by atoms with Crippen LogP contribution in [-0.4, -0.2) is 53.0 Å². The van der Waals surface area contributed by atoms with Crippen molar-refractivity contribution in [3.8, 4) is 0 Å². The van der Waals surface area contributed by atoms with E-state index >= 15 is 0 Å². The molecule has 2 aliphatic rings. The summed E-state index contributed by atoms with van der Waals surface area (Å²) in [5.74, 6) is -0.655. The average molecular weight is 399 g/mol. The van der Waals surface area contributed by atoms with Gasteiger partial charge in [0.2, 0.25) is 11.8 Å². The maximum Gasteiger partial charge on any atom is 0.325 e. The Bertz CT molecular complexity index is 893. The predicted molar refractivity (Wildman–Crippen MR) is 107 cm³/mol. The third kappa shape index (κ3) is 4.44. The number of urea groups is 1. The molecule has 154 valence electrons. The van der Waals surface area contributed by atoms with Gasteiger partial charge in [-0.2, -0.15) is 5.10 Å². The minimum Gasteiger partial charge on any atom is -0.324 e. The first-order chi connectivity index (χ1) is 13.7. The Morgan fingerprint density at radius 1 is 1.28 bits per heavy atom. The monoisotopic (exact) mass is 399 g/mol. The Hall–Kier alpha value is -3.23. The summed E-state index contributed by atoms with van der Waals surface area (Å²) in [6.45, 7) is 5.68. The summed E-state index contributed by atoms with van der Waals surface area (Å²) < 4.78 is 0. The number of hydrogen-bond acceptors (Lipinski definition) is 5. The van der Waals surface area contributed by atoms with Crippen LogP contribution < -0.4 is 15.6 Å². The molecule has 2 heterocycles. The van der Waals surface area contributed by atoms with Crippen molar-refractivity contribution in [3.63, 3.8) is 0 Å². The third-order valence-corrected chi connectivity index (χ3v) is 5.00. The van der Waals surface area contributed by atoms with E-state index in [4.69, 9.17) is 0 Å². The summed E-state index contributed by atoms with van der Waals surface area (Å²) in [6, 6.07) is 6.93. The van der Waals surface area contributed by atoms with E-state index in [1.807, 2.05) is 24.3 Å². The van der Waals surface area contributed by atoms with Crippen molar-refractivity contribution in [1.82, 2.24) is 15.6 Å². The van der Waals surface area contributed by atoms with Crippen molar-refractivity contribution in [1.29, 1.82) is 0 Å². The van der Waals surface area contributed by atoms with Crippen LogP contribution in [0.15, 0.2) is 29.4 Å². The first-order valence-corrected chi connectivity index (χ1v) is 9.57. The van der Waals surface area contributed by atoms with Gasteiger partial charge in [-0.1, -0.05) is 12.1 Å². The van der Waals surface area contributed by atoms with Crippen molar-refractivity contribution >= 4 is 35.2 Å². The fraction of sp³-hybridized carbons (Fsp3) is 0.450. The summed E-state index contributed by atoms with van der Waals surface area (Å²) in [5, 5.41) is 6.67. The summed E-state index contributed by atoms with van der Waals surface area (Å²) >= 11 is 0. The van der Waals surface area contributed by atoms with E-state index in [0.717, 1.165) is 22.6 Å². The molecule has 0 saturated carbocycles. The summed E-state index contributed by atoms with van der Waals surface area (Å²) in [6.07, 6.45) is 1.36. The second-order valence-corrected chi connectivity index (χ2v) is 7.69. The highest BCUT2D eigenvalue weighted by molar-refractivity contribution is 6.06. The molecule has 9 heteroatoms. The van der Waals surface area contributed by atoms with Crippen LogP contribution in [0.5, 0.6) is 0 Å². The van der Waals surface area contributed by atoms with E-state index in [0.29, 0.717) is 18.7 Å². The van der Waals surface area contributed by atoms with Gasteiger partial charge in [-0.25, -0.2) is 10.2 Å². The van der Waals surface area contributed by atoms with Gasteiger partial charge in [0.1, 0.15) is 5.54 Å². The van der Waals surface area contributed by atoms with E-state index in [1.54, 1.807) is 25.7 Å². The molecular formula is C20H25N5O4. The molecule has 2 aliphatic heterocycles. The number of rotatable bonds is 6. The molecule has 0 bridgehead atoms. The molecular weight excluding hydrogens is 374 g/mol. The zero-order valence-corrected chi connectivity index (χ0v) is 16.8. The number of carbonyl (C=O) groups is 4. The minimum absolute atomic E-state index is 0.0128. The Morgan fingerprint density at radius 3 is 2.66 bits per heavy atom. The fourth-order valence-corrected chi connectivity index (χ4v) is 3.32. The van der Waals surface area contributed by atoms with Gasteiger partial charge in [-0.15, -0.1) is 0 Å². The van der Waals surface area contributed by atoms with Crippen LogP contribution in [0.3, 0.4) is 0 Å². The van der Waals surface area contributed by atoms with Crippen molar-refractivity contribution in [2.75, 3.05) is 18.0 Å². The van der Waals surface area contributed by atoms with Gasteiger partial charge in [-0.05, 0) is 44.9 Å². The molecule has 0 aromatic heterocycles. The maximum atomic E-state index is 12.1. The number of hydrogen-bond donors (Lipinski definition) is 2. The molecule has 3 rings (SSSR count). The number of amides is 5. The molecule has 9 nitrogen and oxygen atoms in total. The Morgan fingerprint density at radius 2 is 2.03 bits per heavy atom. The van der Waals surface area contributed by atoms with Crippen LogP contribution in [0.1, 0.15) is 45.6 Å². The Labute approximate surface area is 169 Å². The topological polar surface area (TPSA) is 111 Å². The van der Waals surface area contributed by atoms with Gasteiger partial charge in [0.05, 0.1) is 5.71 Å². The van der Waals surface area contributed by atoms with E-state index in [2.05, 4.69) is 15.8 Å². The highest BCUT2D eigenvalue weighted by atomic mass is 16.2. The largest absolute Gasteiger partial charge is 0.325 e. The zero-order chi connectivity index (χ0) is 21.2. The standard InChI is InChI=1S/C20H25N5O4/c1-13(14-6-4-7-15(12-14)24-10-5-8-17(24)27)22-23-16(26)9-11-25-18(28)20(2,3)21-19(25)29/h4,6-7,12H,5,8-11H2,1-3H3,(H,21,29)(H,23,26)/b22-13-. The lowest BCUT2D eigenvalue weighted by Crippen LogP contribution is -2.40. The molecule has 0 spiro atoms. The fourth-order valence-electron chi connectivity index (χ4n) is 3.32. The molecule has 5 amide bonds. The SMILES string of the molecule is C/C(=N/NC(=O)CCN1C(=O)NC(C)(C)C1=O)c1cccc(N2CCCC2=O)c1. The van der Waals surface area contributed by atoms with Crippen molar-refractivity contribution < 1.29 is 19.2 Å². The molecule has 2 fully saturated rings. The van der Waals surface area contributed by atoms with Gasteiger partial charge in [0, 0.05) is 31.6 Å². The molecule has 2 N–H and O–H groups in total. The second-order valence-electron chi connectivity index (χ2n) is 7.69. The first kappa shape index (κ1) is 20.5. The number of benzene rings is 1. The van der Waals surface area contributed by atoms with Gasteiger partial charge < -0.3 is 10.2 Å². The number of anilines is 1. The third-order valence-electron chi connectivity index (χ3n) is 5.00.